The first-order valence-corrected chi connectivity index (χ1v) is 8.51. The molecular weight excluding hydrogens is 319 g/mol. The van der Waals surface area contributed by atoms with E-state index in [0.29, 0.717) is 0 Å². The topological polar surface area (TPSA) is 48.5 Å². The van der Waals surface area contributed by atoms with Crippen LogP contribution in [0.3, 0.4) is 0 Å². The number of para-hydroxylation sites is 1. The molecule has 6 heteroatoms. The van der Waals surface area contributed by atoms with Crippen LogP contribution in [0.4, 0.5) is 10.1 Å². The minimum atomic E-state index is -0.410. The summed E-state index contributed by atoms with van der Waals surface area (Å²) >= 11 is 0. The number of piperazine rings is 1. The Hall–Kier alpha value is -2.31. The molecule has 2 heterocycles. The second-order valence-electron chi connectivity index (χ2n) is 6.33. The summed E-state index contributed by atoms with van der Waals surface area (Å²) in [7, 11) is 0. The molecule has 1 N–H and O–H groups in total. The summed E-state index contributed by atoms with van der Waals surface area (Å²) in [5.41, 5.74) is 2.54. The number of carbonyl (C=O) groups excluding carboxylic acids is 1. The van der Waals surface area contributed by atoms with Crippen molar-refractivity contribution in [3.63, 3.8) is 0 Å². The number of amides is 1. The third kappa shape index (κ3) is 4.84. The van der Waals surface area contributed by atoms with E-state index < -0.39 is 5.82 Å². The summed E-state index contributed by atoms with van der Waals surface area (Å²) in [6, 6.07) is 10.3. The van der Waals surface area contributed by atoms with Gasteiger partial charge in [0.05, 0.1) is 12.2 Å². The molecule has 2 aromatic rings. The summed E-state index contributed by atoms with van der Waals surface area (Å²) in [6.45, 7) is 6.65. The van der Waals surface area contributed by atoms with Crippen molar-refractivity contribution in [1.82, 2.24) is 14.8 Å². The molecule has 3 rings (SSSR count). The van der Waals surface area contributed by atoms with Gasteiger partial charge in [-0.3, -0.25) is 19.6 Å². The SMILES string of the molecule is Cc1ncccc1CN1CCN(CC(=O)Nc2ccccc2F)CC1. The van der Waals surface area contributed by atoms with E-state index in [4.69, 9.17) is 0 Å². The minimum Gasteiger partial charge on any atom is -0.322 e. The van der Waals surface area contributed by atoms with E-state index in [0.717, 1.165) is 38.4 Å². The van der Waals surface area contributed by atoms with Gasteiger partial charge < -0.3 is 5.32 Å². The predicted octanol–water partition coefficient (Wildman–Crippen LogP) is 2.29. The van der Waals surface area contributed by atoms with Crippen molar-refractivity contribution in [2.75, 3.05) is 38.0 Å². The summed E-state index contributed by atoms with van der Waals surface area (Å²) in [5.74, 6) is -0.589. The maximum absolute atomic E-state index is 13.6. The zero-order chi connectivity index (χ0) is 17.6. The third-order valence-electron chi connectivity index (χ3n) is 4.49. The van der Waals surface area contributed by atoms with Crippen LogP contribution in [-0.2, 0) is 11.3 Å². The number of pyridine rings is 1. The lowest BCUT2D eigenvalue weighted by molar-refractivity contribution is -0.117. The van der Waals surface area contributed by atoms with E-state index >= 15 is 0 Å². The van der Waals surface area contributed by atoms with Crippen LogP contribution < -0.4 is 5.32 Å². The van der Waals surface area contributed by atoms with Gasteiger partial charge in [0.2, 0.25) is 5.91 Å². The van der Waals surface area contributed by atoms with E-state index in [1.165, 1.54) is 11.6 Å². The summed E-state index contributed by atoms with van der Waals surface area (Å²) < 4.78 is 13.6. The second-order valence-corrected chi connectivity index (χ2v) is 6.33. The van der Waals surface area contributed by atoms with E-state index in [1.54, 1.807) is 18.2 Å². The molecule has 0 bridgehead atoms. The molecule has 25 heavy (non-hydrogen) atoms. The van der Waals surface area contributed by atoms with Gasteiger partial charge in [0, 0.05) is 44.6 Å². The highest BCUT2D eigenvalue weighted by atomic mass is 19.1. The van der Waals surface area contributed by atoms with Crippen molar-refractivity contribution in [3.8, 4) is 0 Å². The molecule has 132 valence electrons. The molecule has 1 fully saturated rings. The fraction of sp³-hybridized carbons (Fsp3) is 0.368. The number of anilines is 1. The van der Waals surface area contributed by atoms with Crippen LogP contribution >= 0.6 is 0 Å². The van der Waals surface area contributed by atoms with Gasteiger partial charge in [0.15, 0.2) is 0 Å². The highest BCUT2D eigenvalue weighted by molar-refractivity contribution is 5.92. The lowest BCUT2D eigenvalue weighted by Crippen LogP contribution is -2.48. The molecule has 0 saturated carbocycles. The molecular formula is C19H23FN4O. The fourth-order valence-corrected chi connectivity index (χ4v) is 2.99. The molecule has 1 aliphatic rings. The predicted molar refractivity (Wildman–Crippen MR) is 95.7 cm³/mol. The van der Waals surface area contributed by atoms with Crippen molar-refractivity contribution in [2.24, 2.45) is 0 Å². The number of halogens is 1. The van der Waals surface area contributed by atoms with Crippen LogP contribution in [0.25, 0.3) is 0 Å². The molecule has 1 saturated heterocycles. The van der Waals surface area contributed by atoms with Crippen LogP contribution in [0.15, 0.2) is 42.6 Å². The Labute approximate surface area is 147 Å². The van der Waals surface area contributed by atoms with Gasteiger partial charge in [-0.25, -0.2) is 4.39 Å². The van der Waals surface area contributed by atoms with Gasteiger partial charge in [-0.05, 0) is 30.7 Å². The highest BCUT2D eigenvalue weighted by Gasteiger charge is 2.20. The molecule has 0 radical (unpaired) electrons. The van der Waals surface area contributed by atoms with Crippen molar-refractivity contribution < 1.29 is 9.18 Å². The van der Waals surface area contributed by atoms with Crippen LogP contribution in [0, 0.1) is 12.7 Å². The molecule has 0 unspecified atom stereocenters. The van der Waals surface area contributed by atoms with Gasteiger partial charge in [-0.2, -0.15) is 0 Å². The average molecular weight is 342 g/mol. The molecule has 0 aliphatic carbocycles. The van der Waals surface area contributed by atoms with Crippen LogP contribution in [0.5, 0.6) is 0 Å². The minimum absolute atomic E-state index is 0.179. The van der Waals surface area contributed by atoms with Gasteiger partial charge in [0.1, 0.15) is 5.82 Å². The Balaban J connectivity index is 1.45. The summed E-state index contributed by atoms with van der Waals surface area (Å²) in [4.78, 5) is 20.9. The average Bonchev–Trinajstić information content (AvgIpc) is 2.61. The first-order valence-electron chi connectivity index (χ1n) is 8.51. The third-order valence-corrected chi connectivity index (χ3v) is 4.49. The van der Waals surface area contributed by atoms with Crippen molar-refractivity contribution >= 4 is 11.6 Å². The smallest absolute Gasteiger partial charge is 0.238 e. The Morgan fingerprint density at radius 2 is 1.84 bits per heavy atom. The normalized spacial score (nSPS) is 15.9. The quantitative estimate of drug-likeness (QED) is 0.906. The first kappa shape index (κ1) is 17.5. The fourth-order valence-electron chi connectivity index (χ4n) is 2.99. The molecule has 0 spiro atoms. The van der Waals surface area contributed by atoms with Gasteiger partial charge in [-0.15, -0.1) is 0 Å². The lowest BCUT2D eigenvalue weighted by Gasteiger charge is -2.34. The maximum atomic E-state index is 13.6. The Morgan fingerprint density at radius 1 is 1.12 bits per heavy atom. The second kappa shape index (κ2) is 8.18. The van der Waals surface area contributed by atoms with Crippen molar-refractivity contribution in [3.05, 3.63) is 59.7 Å². The van der Waals surface area contributed by atoms with Crippen LogP contribution in [0.2, 0.25) is 0 Å². The molecule has 0 atom stereocenters. The molecule has 5 nitrogen and oxygen atoms in total. The van der Waals surface area contributed by atoms with E-state index in [-0.39, 0.29) is 18.1 Å². The number of rotatable bonds is 5. The summed E-state index contributed by atoms with van der Waals surface area (Å²) in [5, 5.41) is 2.64. The number of nitrogens with one attached hydrogen (secondary N) is 1. The highest BCUT2D eigenvalue weighted by Crippen LogP contribution is 2.13. The molecule has 1 amide bonds. The lowest BCUT2D eigenvalue weighted by atomic mass is 10.2. The Kier molecular flexibility index (Phi) is 5.73. The number of aromatic nitrogens is 1. The van der Waals surface area contributed by atoms with Gasteiger partial charge in [0.25, 0.3) is 0 Å². The van der Waals surface area contributed by atoms with Gasteiger partial charge >= 0.3 is 0 Å². The first-order chi connectivity index (χ1) is 12.1. The number of hydrogen-bond donors (Lipinski definition) is 1. The maximum Gasteiger partial charge on any atom is 0.238 e. The van der Waals surface area contributed by atoms with Gasteiger partial charge in [-0.1, -0.05) is 18.2 Å². The van der Waals surface area contributed by atoms with E-state index in [1.807, 2.05) is 19.2 Å². The Bertz CT molecular complexity index is 729. The monoisotopic (exact) mass is 342 g/mol. The largest absolute Gasteiger partial charge is 0.322 e. The standard InChI is InChI=1S/C19H23FN4O/c1-15-16(5-4-8-21-15)13-23-9-11-24(12-10-23)14-19(25)22-18-7-3-2-6-17(18)20/h2-8H,9-14H2,1H3,(H,22,25). The molecule has 1 aromatic carbocycles. The van der Waals surface area contributed by atoms with Crippen molar-refractivity contribution in [1.29, 1.82) is 0 Å². The number of benzene rings is 1. The van der Waals surface area contributed by atoms with Crippen molar-refractivity contribution in [2.45, 2.75) is 13.5 Å². The van der Waals surface area contributed by atoms with Crippen LogP contribution in [-0.4, -0.2) is 53.4 Å². The number of hydrogen-bond acceptors (Lipinski definition) is 4. The molecule has 1 aromatic heterocycles. The van der Waals surface area contributed by atoms with Crippen LogP contribution in [0.1, 0.15) is 11.3 Å². The zero-order valence-corrected chi connectivity index (χ0v) is 14.4. The zero-order valence-electron chi connectivity index (χ0n) is 14.4. The number of carbonyl (C=O) groups is 1. The summed E-state index contributed by atoms with van der Waals surface area (Å²) in [6.07, 6.45) is 1.81. The number of nitrogens with zero attached hydrogens (tertiary/aromatic N) is 3. The molecule has 1 aliphatic heterocycles. The van der Waals surface area contributed by atoms with E-state index in [2.05, 4.69) is 26.2 Å². The number of aryl methyl sites for hydroxylation is 1. The Morgan fingerprint density at radius 3 is 2.56 bits per heavy atom. The van der Waals surface area contributed by atoms with E-state index in [9.17, 15) is 9.18 Å².